The Balaban J connectivity index is 2.98. The van der Waals surface area contributed by atoms with Gasteiger partial charge in [0.15, 0.2) is 0 Å². The van der Waals surface area contributed by atoms with Crippen LogP contribution in [-0.2, 0) is 9.47 Å². The molecular formula is C9H17N3O8. The quantitative estimate of drug-likeness (QED) is 0.209. The summed E-state index contributed by atoms with van der Waals surface area (Å²) in [5, 5.41) is 43.3. The van der Waals surface area contributed by atoms with Crippen molar-refractivity contribution < 1.29 is 34.7 Å². The summed E-state index contributed by atoms with van der Waals surface area (Å²) < 4.78 is 9.80. The summed E-state index contributed by atoms with van der Waals surface area (Å²) in [7, 11) is 2.12. The summed E-state index contributed by atoms with van der Waals surface area (Å²) in [5.41, 5.74) is -2.53. The summed E-state index contributed by atoms with van der Waals surface area (Å²) in [5.74, 6) is 0. The van der Waals surface area contributed by atoms with Crippen molar-refractivity contribution in [2.24, 2.45) is 5.29 Å². The first-order valence-corrected chi connectivity index (χ1v) is 5.58. The number of aliphatic hydroxyl groups excluding tert-OH is 3. The van der Waals surface area contributed by atoms with Gasteiger partial charge in [-0.05, 0) is 0 Å². The lowest BCUT2D eigenvalue weighted by molar-refractivity contribution is -0.341. The number of hydrogen-bond donors (Lipinski definition) is 5. The summed E-state index contributed by atoms with van der Waals surface area (Å²) >= 11 is 0. The molecule has 0 aliphatic carbocycles. The van der Waals surface area contributed by atoms with E-state index in [1.165, 1.54) is 0 Å². The minimum atomic E-state index is -2.53. The van der Waals surface area contributed by atoms with Crippen LogP contribution in [0, 0.1) is 4.91 Å². The molecule has 1 fully saturated rings. The third-order valence-corrected chi connectivity index (χ3v) is 2.93. The Kier molecular flexibility index (Phi) is 5.33. The predicted octanol–water partition coefficient (Wildman–Crippen LogP) is -2.92. The molecule has 0 saturated carbocycles. The third-order valence-electron chi connectivity index (χ3n) is 2.93. The van der Waals surface area contributed by atoms with Crippen LogP contribution in [0.15, 0.2) is 5.29 Å². The van der Waals surface area contributed by atoms with Crippen LogP contribution in [0.25, 0.3) is 0 Å². The topological polar surface area (TPSA) is 161 Å². The molecule has 20 heavy (non-hydrogen) atoms. The lowest BCUT2D eigenvalue weighted by Crippen LogP contribution is -2.74. The van der Waals surface area contributed by atoms with E-state index in [4.69, 9.17) is 14.6 Å². The molecule has 1 aliphatic rings. The van der Waals surface area contributed by atoms with Gasteiger partial charge in [-0.3, -0.25) is 0 Å². The Morgan fingerprint density at radius 3 is 2.60 bits per heavy atom. The maximum absolute atomic E-state index is 11.5. The molecule has 11 nitrogen and oxygen atoms in total. The maximum Gasteiger partial charge on any atom is 0.342 e. The number of urea groups is 1. The number of hydrogen-bond acceptors (Lipinski definition) is 9. The van der Waals surface area contributed by atoms with E-state index < -0.39 is 43.0 Å². The second kappa shape index (κ2) is 6.39. The Morgan fingerprint density at radius 1 is 1.55 bits per heavy atom. The molecule has 0 aromatic carbocycles. The number of methoxy groups -OCH3 is 1. The van der Waals surface area contributed by atoms with E-state index in [0.717, 1.165) is 14.2 Å². The van der Waals surface area contributed by atoms with Gasteiger partial charge in [-0.1, -0.05) is 0 Å². The van der Waals surface area contributed by atoms with Crippen LogP contribution in [0.4, 0.5) is 4.79 Å². The second-order valence-corrected chi connectivity index (χ2v) is 4.22. The average molecular weight is 295 g/mol. The lowest BCUT2D eigenvalue weighted by Gasteiger charge is -2.47. The monoisotopic (exact) mass is 295 g/mol. The minimum absolute atomic E-state index is 0.321. The normalized spacial score (nSPS) is 37.3. The van der Waals surface area contributed by atoms with E-state index in [9.17, 15) is 25.0 Å². The Hall–Kier alpha value is -1.37. The van der Waals surface area contributed by atoms with Gasteiger partial charge >= 0.3 is 6.03 Å². The molecular weight excluding hydrogens is 278 g/mol. The van der Waals surface area contributed by atoms with E-state index in [1.807, 2.05) is 5.32 Å². The van der Waals surface area contributed by atoms with Crippen LogP contribution in [0.3, 0.4) is 0 Å². The molecule has 0 unspecified atom stereocenters. The maximum atomic E-state index is 11.5. The number of rotatable bonds is 4. The lowest BCUT2D eigenvalue weighted by atomic mass is 9.93. The zero-order valence-electron chi connectivity index (χ0n) is 10.8. The molecule has 0 spiro atoms. The molecule has 116 valence electrons. The molecule has 11 heteroatoms. The van der Waals surface area contributed by atoms with Gasteiger partial charge in [-0.25, -0.2) is 4.79 Å². The van der Waals surface area contributed by atoms with Gasteiger partial charge in [0.25, 0.3) is 0 Å². The standard InChI is InChI=1S/C9H17N3O8/c1-12(11-18)8(16)10-9(17)6(15)5(14)4(3-13)20-7(9)19-2/h4-7,13-15,17H,3H2,1-2H3,(H,10,16)/t4-,5-,6+,7+,9+/m1/s1. The Labute approximate surface area is 113 Å². The molecule has 5 atom stereocenters. The van der Waals surface area contributed by atoms with E-state index in [2.05, 4.69) is 5.29 Å². The molecule has 1 aliphatic heterocycles. The molecule has 0 aromatic heterocycles. The van der Waals surface area contributed by atoms with Gasteiger partial charge in [-0.2, -0.15) is 5.01 Å². The average Bonchev–Trinajstić information content (AvgIpc) is 2.44. The molecule has 5 N–H and O–H groups in total. The minimum Gasteiger partial charge on any atom is -0.394 e. The molecule has 1 rings (SSSR count). The fourth-order valence-electron chi connectivity index (χ4n) is 1.75. The highest BCUT2D eigenvalue weighted by Crippen LogP contribution is 2.28. The van der Waals surface area contributed by atoms with Crippen molar-refractivity contribution >= 4 is 6.03 Å². The van der Waals surface area contributed by atoms with Gasteiger partial charge in [0.05, 0.1) is 11.9 Å². The molecule has 1 saturated heterocycles. The predicted molar refractivity (Wildman–Crippen MR) is 61.8 cm³/mol. The van der Waals surface area contributed by atoms with Crippen molar-refractivity contribution in [2.75, 3.05) is 20.8 Å². The summed E-state index contributed by atoms with van der Waals surface area (Å²) in [6.07, 6.45) is -6.41. The Bertz CT molecular complexity index is 365. The fraction of sp³-hybridized carbons (Fsp3) is 0.889. The van der Waals surface area contributed by atoms with Crippen molar-refractivity contribution in [3.63, 3.8) is 0 Å². The number of nitroso groups, excluding NO2 is 1. The number of ether oxygens (including phenoxy) is 2. The fourth-order valence-corrected chi connectivity index (χ4v) is 1.75. The molecule has 0 bridgehead atoms. The van der Waals surface area contributed by atoms with E-state index in [-0.39, 0.29) is 0 Å². The van der Waals surface area contributed by atoms with Gasteiger partial charge in [0.1, 0.15) is 18.3 Å². The summed E-state index contributed by atoms with van der Waals surface area (Å²) in [6, 6.07) is -1.15. The highest BCUT2D eigenvalue weighted by molar-refractivity contribution is 5.74. The van der Waals surface area contributed by atoms with Gasteiger partial charge in [-0.15, -0.1) is 4.91 Å². The van der Waals surface area contributed by atoms with Crippen LogP contribution >= 0.6 is 0 Å². The molecule has 0 radical (unpaired) electrons. The van der Waals surface area contributed by atoms with E-state index in [0.29, 0.717) is 5.01 Å². The van der Waals surface area contributed by atoms with Crippen molar-refractivity contribution in [2.45, 2.75) is 30.3 Å². The number of amides is 2. The zero-order valence-corrected chi connectivity index (χ0v) is 10.8. The number of carbonyl (C=O) groups is 1. The SMILES string of the molecule is CO[C@H]1O[C@H](CO)[C@@H](O)[C@H](O)[C@@]1(O)NC(=O)N(C)N=O. The van der Waals surface area contributed by atoms with E-state index >= 15 is 0 Å². The number of nitrogens with one attached hydrogen (secondary N) is 1. The summed E-state index contributed by atoms with van der Waals surface area (Å²) in [4.78, 5) is 21.7. The Morgan fingerprint density at radius 2 is 2.15 bits per heavy atom. The zero-order chi connectivity index (χ0) is 15.5. The van der Waals surface area contributed by atoms with Crippen molar-refractivity contribution in [1.29, 1.82) is 0 Å². The van der Waals surface area contributed by atoms with E-state index in [1.54, 1.807) is 0 Å². The highest BCUT2D eigenvalue weighted by atomic mass is 16.7. The first-order chi connectivity index (χ1) is 9.31. The van der Waals surface area contributed by atoms with Crippen LogP contribution in [-0.4, -0.2) is 82.6 Å². The molecule has 2 amide bonds. The number of nitrogens with zero attached hydrogens (tertiary/aromatic N) is 2. The van der Waals surface area contributed by atoms with Crippen LogP contribution in [0.5, 0.6) is 0 Å². The molecule has 1 heterocycles. The van der Waals surface area contributed by atoms with Crippen LogP contribution < -0.4 is 5.32 Å². The van der Waals surface area contributed by atoms with Gasteiger partial charge in [0.2, 0.25) is 12.0 Å². The first-order valence-electron chi connectivity index (χ1n) is 5.58. The van der Waals surface area contributed by atoms with Crippen LogP contribution in [0.2, 0.25) is 0 Å². The third kappa shape index (κ3) is 2.87. The second-order valence-electron chi connectivity index (χ2n) is 4.22. The smallest absolute Gasteiger partial charge is 0.342 e. The van der Waals surface area contributed by atoms with Crippen molar-refractivity contribution in [3.05, 3.63) is 4.91 Å². The molecule has 0 aromatic rings. The van der Waals surface area contributed by atoms with Crippen molar-refractivity contribution in [1.82, 2.24) is 10.3 Å². The highest BCUT2D eigenvalue weighted by Gasteiger charge is 2.56. The number of aliphatic hydroxyl groups is 4. The van der Waals surface area contributed by atoms with Gasteiger partial charge < -0.3 is 35.2 Å². The van der Waals surface area contributed by atoms with Crippen molar-refractivity contribution in [3.8, 4) is 0 Å². The summed E-state index contributed by atoms with van der Waals surface area (Å²) in [6.45, 7) is -0.641. The number of carbonyl (C=O) groups excluding carboxylic acids is 1. The largest absolute Gasteiger partial charge is 0.394 e. The van der Waals surface area contributed by atoms with Crippen LogP contribution in [0.1, 0.15) is 0 Å². The van der Waals surface area contributed by atoms with Gasteiger partial charge in [0, 0.05) is 14.2 Å². The first kappa shape index (κ1) is 16.7.